The second-order valence-electron chi connectivity index (χ2n) is 7.40. The average molecular weight is 362 g/mol. The number of carbonyl (C=O) groups excluding carboxylic acids is 1. The Kier molecular flexibility index (Phi) is 5.70. The molecule has 1 aromatic rings. The molecule has 26 heavy (non-hydrogen) atoms. The van der Waals surface area contributed by atoms with Crippen molar-refractivity contribution in [3.63, 3.8) is 0 Å². The average Bonchev–Trinajstić information content (AvgIpc) is 3.08. The van der Waals surface area contributed by atoms with Gasteiger partial charge >= 0.3 is 0 Å². The minimum atomic E-state index is -0.436. The van der Waals surface area contributed by atoms with Crippen molar-refractivity contribution in [2.75, 3.05) is 25.0 Å². The number of nitrogens with zero attached hydrogens (tertiary/aromatic N) is 3. The highest BCUT2D eigenvalue weighted by Crippen LogP contribution is 2.28. The molecule has 1 saturated heterocycles. The third kappa shape index (κ3) is 4.30. The fourth-order valence-corrected chi connectivity index (χ4v) is 3.94. The first-order valence-corrected chi connectivity index (χ1v) is 9.27. The molecule has 1 aliphatic heterocycles. The van der Waals surface area contributed by atoms with Crippen LogP contribution in [0.5, 0.6) is 0 Å². The van der Waals surface area contributed by atoms with E-state index in [1.807, 2.05) is 4.90 Å². The summed E-state index contributed by atoms with van der Waals surface area (Å²) in [6.07, 6.45) is 3.78. The first-order valence-electron chi connectivity index (χ1n) is 9.27. The number of nitro groups is 1. The lowest BCUT2D eigenvalue weighted by molar-refractivity contribution is -0.385. The van der Waals surface area contributed by atoms with E-state index < -0.39 is 4.92 Å². The molecular weight excluding hydrogens is 336 g/mol. The van der Waals surface area contributed by atoms with Crippen LogP contribution in [-0.4, -0.2) is 51.6 Å². The summed E-state index contributed by atoms with van der Waals surface area (Å²) in [7, 11) is 0. The van der Waals surface area contributed by atoms with Crippen LogP contribution in [0.3, 0.4) is 0 Å². The van der Waals surface area contributed by atoms with Gasteiger partial charge in [-0.25, -0.2) is 4.98 Å². The molecular formula is C18H26N4O4. The minimum absolute atomic E-state index is 0.0165. The Balaban J connectivity index is 1.49. The zero-order chi connectivity index (χ0) is 18.7. The molecule has 8 nitrogen and oxygen atoms in total. The van der Waals surface area contributed by atoms with Crippen molar-refractivity contribution in [2.45, 2.75) is 45.1 Å². The van der Waals surface area contributed by atoms with Gasteiger partial charge in [-0.05, 0) is 44.6 Å². The number of hydrogen-bond donors (Lipinski definition) is 2. The Morgan fingerprint density at radius 1 is 1.42 bits per heavy atom. The normalized spacial score (nSPS) is 25.9. The molecule has 2 N–H and O–H groups in total. The second kappa shape index (κ2) is 7.99. The van der Waals surface area contributed by atoms with E-state index in [1.165, 1.54) is 6.07 Å². The third-order valence-corrected chi connectivity index (χ3v) is 5.42. The molecule has 1 aliphatic carbocycles. The van der Waals surface area contributed by atoms with Crippen molar-refractivity contribution in [3.05, 3.63) is 27.9 Å². The molecule has 3 unspecified atom stereocenters. The Morgan fingerprint density at radius 3 is 2.92 bits per heavy atom. The summed E-state index contributed by atoms with van der Waals surface area (Å²) in [4.78, 5) is 29.2. The van der Waals surface area contributed by atoms with Gasteiger partial charge in [-0.15, -0.1) is 0 Å². The summed E-state index contributed by atoms with van der Waals surface area (Å²) < 4.78 is 0. The Hall–Kier alpha value is -2.22. The van der Waals surface area contributed by atoms with Gasteiger partial charge in [0.2, 0.25) is 5.91 Å². The molecule has 2 heterocycles. The molecule has 3 atom stereocenters. The molecule has 1 aromatic heterocycles. The predicted octanol–water partition coefficient (Wildman–Crippen LogP) is 2.11. The van der Waals surface area contributed by atoms with Gasteiger partial charge in [0, 0.05) is 31.6 Å². The maximum absolute atomic E-state index is 12.6. The van der Waals surface area contributed by atoms with Crippen LogP contribution in [0.1, 0.15) is 37.8 Å². The number of hydrogen-bond acceptors (Lipinski definition) is 6. The Labute approximate surface area is 152 Å². The van der Waals surface area contributed by atoms with Gasteiger partial charge < -0.3 is 15.3 Å². The molecule has 142 valence electrons. The lowest BCUT2D eigenvalue weighted by Crippen LogP contribution is -2.38. The quantitative estimate of drug-likeness (QED) is 0.613. The summed E-state index contributed by atoms with van der Waals surface area (Å²) >= 11 is 0. The van der Waals surface area contributed by atoms with E-state index in [4.69, 9.17) is 0 Å². The maximum atomic E-state index is 12.6. The van der Waals surface area contributed by atoms with Crippen molar-refractivity contribution in [2.24, 2.45) is 11.8 Å². The zero-order valence-corrected chi connectivity index (χ0v) is 15.1. The molecule has 1 saturated carbocycles. The smallest absolute Gasteiger partial charge is 0.290 e. The Bertz CT molecular complexity index is 681. The van der Waals surface area contributed by atoms with Gasteiger partial charge in [-0.1, -0.05) is 6.42 Å². The van der Waals surface area contributed by atoms with Gasteiger partial charge in [0.25, 0.3) is 5.69 Å². The van der Waals surface area contributed by atoms with Gasteiger partial charge in [0.1, 0.15) is 11.5 Å². The summed E-state index contributed by atoms with van der Waals surface area (Å²) in [5.41, 5.74) is 0.405. The molecule has 8 heteroatoms. The molecule has 0 spiro atoms. The van der Waals surface area contributed by atoms with Crippen LogP contribution in [0.2, 0.25) is 0 Å². The number of likely N-dealkylation sites (tertiary alicyclic amines) is 1. The topological polar surface area (TPSA) is 109 Å². The standard InChI is InChI=1S/C18H26N4O4/c1-12-16(22(25)26)5-6-17(20-12)19-10-13-7-8-21(11-13)18(24)14-3-2-4-15(23)9-14/h5-6,13-15,23H,2-4,7-11H2,1H3,(H,19,20). The van der Waals surface area contributed by atoms with Crippen molar-refractivity contribution in [1.82, 2.24) is 9.88 Å². The maximum Gasteiger partial charge on any atom is 0.290 e. The molecule has 2 aliphatic rings. The van der Waals surface area contributed by atoms with Crippen LogP contribution in [0.25, 0.3) is 0 Å². The summed E-state index contributed by atoms with van der Waals surface area (Å²) in [6, 6.07) is 3.08. The van der Waals surface area contributed by atoms with E-state index in [2.05, 4.69) is 10.3 Å². The fourth-order valence-electron chi connectivity index (χ4n) is 3.94. The monoisotopic (exact) mass is 362 g/mol. The number of amides is 1. The summed E-state index contributed by atoms with van der Waals surface area (Å²) in [5, 5.41) is 23.9. The van der Waals surface area contributed by atoms with Crippen molar-refractivity contribution < 1.29 is 14.8 Å². The zero-order valence-electron chi connectivity index (χ0n) is 15.1. The van der Waals surface area contributed by atoms with E-state index in [9.17, 15) is 20.0 Å². The number of carbonyl (C=O) groups is 1. The molecule has 0 radical (unpaired) electrons. The highest BCUT2D eigenvalue weighted by molar-refractivity contribution is 5.79. The van der Waals surface area contributed by atoms with Crippen LogP contribution in [0, 0.1) is 28.9 Å². The predicted molar refractivity (Wildman–Crippen MR) is 96.8 cm³/mol. The van der Waals surface area contributed by atoms with Crippen LogP contribution in [0.15, 0.2) is 12.1 Å². The largest absolute Gasteiger partial charge is 0.393 e. The number of nitrogens with one attached hydrogen (secondary N) is 1. The first kappa shape index (κ1) is 18.6. The van der Waals surface area contributed by atoms with Crippen LogP contribution >= 0.6 is 0 Å². The lowest BCUT2D eigenvalue weighted by Gasteiger charge is -2.28. The fraction of sp³-hybridized carbons (Fsp3) is 0.667. The van der Waals surface area contributed by atoms with E-state index >= 15 is 0 Å². The number of aliphatic hydroxyl groups excluding tert-OH is 1. The SMILES string of the molecule is Cc1nc(NCC2CCN(C(=O)C3CCCC(O)C3)C2)ccc1[N+](=O)[O-]. The third-order valence-electron chi connectivity index (χ3n) is 5.42. The second-order valence-corrected chi connectivity index (χ2v) is 7.40. The van der Waals surface area contributed by atoms with Crippen LogP contribution < -0.4 is 5.32 Å². The number of rotatable bonds is 5. The van der Waals surface area contributed by atoms with Crippen LogP contribution in [-0.2, 0) is 4.79 Å². The Morgan fingerprint density at radius 2 is 2.23 bits per heavy atom. The number of anilines is 1. The number of aryl methyl sites for hydroxylation is 1. The van der Waals surface area contributed by atoms with Gasteiger partial charge in [0.05, 0.1) is 11.0 Å². The highest BCUT2D eigenvalue weighted by Gasteiger charge is 2.33. The first-order chi connectivity index (χ1) is 12.4. The van der Waals surface area contributed by atoms with E-state index in [1.54, 1.807) is 13.0 Å². The molecule has 2 fully saturated rings. The van der Waals surface area contributed by atoms with Gasteiger partial charge in [0.15, 0.2) is 0 Å². The summed E-state index contributed by atoms with van der Waals surface area (Å²) in [6.45, 7) is 3.77. The number of aromatic nitrogens is 1. The molecule has 3 rings (SSSR count). The van der Waals surface area contributed by atoms with Gasteiger partial charge in [-0.3, -0.25) is 14.9 Å². The van der Waals surface area contributed by atoms with Crippen molar-refractivity contribution >= 4 is 17.4 Å². The van der Waals surface area contributed by atoms with Crippen LogP contribution in [0.4, 0.5) is 11.5 Å². The summed E-state index contributed by atoms with van der Waals surface area (Å²) in [5.74, 6) is 1.10. The lowest BCUT2D eigenvalue weighted by atomic mass is 9.86. The van der Waals surface area contributed by atoms with E-state index in [0.717, 1.165) is 32.2 Å². The molecule has 0 bridgehead atoms. The van der Waals surface area contributed by atoms with Crippen molar-refractivity contribution in [3.8, 4) is 0 Å². The van der Waals surface area contributed by atoms with Gasteiger partial charge in [-0.2, -0.15) is 0 Å². The molecule has 0 aromatic carbocycles. The highest BCUT2D eigenvalue weighted by atomic mass is 16.6. The number of aliphatic hydroxyl groups is 1. The minimum Gasteiger partial charge on any atom is -0.393 e. The van der Waals surface area contributed by atoms with Crippen molar-refractivity contribution in [1.29, 1.82) is 0 Å². The molecule has 1 amide bonds. The van der Waals surface area contributed by atoms with E-state index in [0.29, 0.717) is 36.9 Å². The number of pyridine rings is 1. The van der Waals surface area contributed by atoms with E-state index in [-0.39, 0.29) is 23.6 Å².